The largest absolute Gasteiger partial charge is 0.451 e. The first-order valence-corrected chi connectivity index (χ1v) is 10.8. The van der Waals surface area contributed by atoms with E-state index in [-0.39, 0.29) is 17.0 Å². The zero-order valence-electron chi connectivity index (χ0n) is 17.3. The molecule has 1 N–H and O–H groups in total. The quantitative estimate of drug-likeness (QED) is 0.750. The molecule has 0 amide bonds. The molecule has 0 saturated heterocycles. The zero-order valence-corrected chi connectivity index (χ0v) is 17.3. The van der Waals surface area contributed by atoms with Crippen LogP contribution in [0.1, 0.15) is 72.1 Å². The van der Waals surface area contributed by atoms with Crippen LogP contribution in [0.15, 0.2) is 11.6 Å². The number of carbonyl (C=O) groups is 3. The van der Waals surface area contributed by atoms with Crippen molar-refractivity contribution in [3.05, 3.63) is 11.6 Å². The first-order chi connectivity index (χ1) is 13.2. The Hall–Kier alpha value is -1.49. The summed E-state index contributed by atoms with van der Waals surface area (Å²) in [6.07, 6.45) is 8.59. The fraction of sp³-hybridized carbons (Fsp3) is 0.783. The maximum absolute atomic E-state index is 12.8. The summed E-state index contributed by atoms with van der Waals surface area (Å²) in [6.45, 7) is 5.20. The molecule has 0 aromatic heterocycles. The number of hydrogen-bond donors (Lipinski definition) is 1. The van der Waals surface area contributed by atoms with E-state index in [4.69, 9.17) is 4.74 Å². The van der Waals surface area contributed by atoms with Gasteiger partial charge in [0.2, 0.25) is 5.78 Å². The van der Waals surface area contributed by atoms with E-state index in [1.165, 1.54) is 12.5 Å². The lowest BCUT2D eigenvalue weighted by molar-refractivity contribution is -0.189. The monoisotopic (exact) mass is 388 g/mol. The number of hydrogen-bond acceptors (Lipinski definition) is 5. The summed E-state index contributed by atoms with van der Waals surface area (Å²) in [5, 5.41) is 9.65. The average molecular weight is 389 g/mol. The maximum Gasteiger partial charge on any atom is 0.303 e. The van der Waals surface area contributed by atoms with Crippen molar-refractivity contribution >= 4 is 17.5 Å². The molecule has 3 saturated carbocycles. The van der Waals surface area contributed by atoms with Crippen molar-refractivity contribution in [2.45, 2.75) is 77.7 Å². The number of ketones is 2. The number of rotatable bonds is 3. The highest BCUT2D eigenvalue weighted by atomic mass is 16.6. The second kappa shape index (κ2) is 6.51. The van der Waals surface area contributed by atoms with Gasteiger partial charge in [-0.15, -0.1) is 0 Å². The average Bonchev–Trinajstić information content (AvgIpc) is 2.94. The lowest BCUT2D eigenvalue weighted by atomic mass is 9.46. The molecule has 154 valence electrons. The predicted octanol–water partition coefficient (Wildman–Crippen LogP) is 3.38. The van der Waals surface area contributed by atoms with E-state index in [1.54, 1.807) is 0 Å². The third-order valence-corrected chi connectivity index (χ3v) is 8.99. The summed E-state index contributed by atoms with van der Waals surface area (Å²) >= 11 is 0. The first kappa shape index (κ1) is 19.8. The highest BCUT2D eigenvalue weighted by Crippen LogP contribution is 2.68. The Balaban J connectivity index is 1.70. The van der Waals surface area contributed by atoms with Gasteiger partial charge in [-0.1, -0.05) is 19.4 Å². The molecule has 5 heteroatoms. The van der Waals surface area contributed by atoms with Crippen molar-refractivity contribution < 1.29 is 24.2 Å². The molecule has 4 rings (SSSR count). The lowest BCUT2D eigenvalue weighted by Gasteiger charge is -2.59. The number of aliphatic hydroxyl groups excluding tert-OH is 1. The molecule has 3 fully saturated rings. The standard InChI is InChI=1S/C23H32O5/c1-14(25)28-23(20(27)13-24)11-8-19-17-5-4-15-12-16(26)6-9-21(15,2)18(17)7-10-22(19,23)3/h12,17-19,24H,4-11,13H2,1-3H3/t17-,18+,19-,21+,22-,23+/m1/s1. The van der Waals surface area contributed by atoms with Gasteiger partial charge in [0.1, 0.15) is 6.61 Å². The molecule has 5 nitrogen and oxygen atoms in total. The number of ether oxygens (including phenoxy) is 1. The first-order valence-electron chi connectivity index (χ1n) is 10.8. The fourth-order valence-electron chi connectivity index (χ4n) is 7.61. The maximum atomic E-state index is 12.8. The Morgan fingerprint density at radius 1 is 1.11 bits per heavy atom. The molecule has 0 aromatic rings. The van der Waals surface area contributed by atoms with Crippen LogP contribution in [-0.4, -0.2) is 34.9 Å². The molecule has 4 aliphatic rings. The minimum absolute atomic E-state index is 0.0752. The van der Waals surface area contributed by atoms with Crippen molar-refractivity contribution in [2.24, 2.45) is 28.6 Å². The van der Waals surface area contributed by atoms with E-state index >= 15 is 0 Å². The van der Waals surface area contributed by atoms with Crippen LogP contribution in [0.5, 0.6) is 0 Å². The molecular weight excluding hydrogens is 356 g/mol. The molecule has 0 spiro atoms. The number of Topliss-reactive ketones (excluding diaryl/α,β-unsaturated/α-hetero) is 1. The fourth-order valence-corrected chi connectivity index (χ4v) is 7.61. The minimum Gasteiger partial charge on any atom is -0.451 e. The van der Waals surface area contributed by atoms with E-state index in [9.17, 15) is 19.5 Å². The lowest BCUT2D eigenvalue weighted by Crippen LogP contribution is -2.59. The molecule has 0 heterocycles. The van der Waals surface area contributed by atoms with Crippen molar-refractivity contribution in [3.63, 3.8) is 0 Å². The van der Waals surface area contributed by atoms with Crippen molar-refractivity contribution in [1.29, 1.82) is 0 Å². The van der Waals surface area contributed by atoms with Crippen LogP contribution in [0.4, 0.5) is 0 Å². The summed E-state index contributed by atoms with van der Waals surface area (Å²) in [5.41, 5.74) is -0.222. The van der Waals surface area contributed by atoms with Crippen LogP contribution in [0.2, 0.25) is 0 Å². The van der Waals surface area contributed by atoms with Crippen LogP contribution < -0.4 is 0 Å². The van der Waals surface area contributed by atoms with Gasteiger partial charge in [0.15, 0.2) is 11.4 Å². The third-order valence-electron chi connectivity index (χ3n) is 8.99. The highest BCUT2D eigenvalue weighted by Gasteiger charge is 2.68. The van der Waals surface area contributed by atoms with E-state index in [2.05, 4.69) is 13.8 Å². The van der Waals surface area contributed by atoms with Crippen molar-refractivity contribution in [3.8, 4) is 0 Å². The Morgan fingerprint density at radius 2 is 1.82 bits per heavy atom. The van der Waals surface area contributed by atoms with Crippen molar-refractivity contribution in [1.82, 2.24) is 0 Å². The summed E-state index contributed by atoms with van der Waals surface area (Å²) in [4.78, 5) is 36.7. The van der Waals surface area contributed by atoms with Crippen LogP contribution in [0.3, 0.4) is 0 Å². The summed E-state index contributed by atoms with van der Waals surface area (Å²) < 4.78 is 5.75. The zero-order chi connectivity index (χ0) is 20.3. The molecule has 0 bridgehead atoms. The van der Waals surface area contributed by atoms with Gasteiger partial charge in [-0.05, 0) is 74.2 Å². The van der Waals surface area contributed by atoms with Gasteiger partial charge < -0.3 is 9.84 Å². The van der Waals surface area contributed by atoms with Crippen LogP contribution in [0.25, 0.3) is 0 Å². The normalized spacial score (nSPS) is 44.8. The molecule has 4 aliphatic carbocycles. The minimum atomic E-state index is -1.19. The van der Waals surface area contributed by atoms with Crippen molar-refractivity contribution in [2.75, 3.05) is 6.61 Å². The summed E-state index contributed by atoms with van der Waals surface area (Å²) in [5.74, 6) is 0.746. The molecule has 28 heavy (non-hydrogen) atoms. The smallest absolute Gasteiger partial charge is 0.303 e. The molecule has 0 aromatic carbocycles. The van der Waals surface area contributed by atoms with Crippen LogP contribution in [0, 0.1) is 28.6 Å². The van der Waals surface area contributed by atoms with Gasteiger partial charge in [-0.25, -0.2) is 0 Å². The summed E-state index contributed by atoms with van der Waals surface area (Å²) in [7, 11) is 0. The number of esters is 1. The molecule has 0 radical (unpaired) electrons. The van der Waals surface area contributed by atoms with Gasteiger partial charge in [0.05, 0.1) is 0 Å². The number of allylic oxidation sites excluding steroid dienone is 1. The molecule has 0 aliphatic heterocycles. The molecular formula is C23H32O5. The van der Waals surface area contributed by atoms with Gasteiger partial charge >= 0.3 is 5.97 Å². The molecule has 0 unspecified atom stereocenters. The van der Waals surface area contributed by atoms with E-state index < -0.39 is 23.6 Å². The van der Waals surface area contributed by atoms with Gasteiger partial charge in [-0.3, -0.25) is 14.4 Å². The second-order valence-corrected chi connectivity index (χ2v) is 9.97. The Morgan fingerprint density at radius 3 is 2.50 bits per heavy atom. The number of carbonyl (C=O) groups excluding carboxylic acids is 3. The third kappa shape index (κ3) is 2.51. The Bertz CT molecular complexity index is 754. The molecule has 6 atom stereocenters. The van der Waals surface area contributed by atoms with Crippen LogP contribution in [-0.2, 0) is 19.1 Å². The van der Waals surface area contributed by atoms with Gasteiger partial charge in [0.25, 0.3) is 0 Å². The van der Waals surface area contributed by atoms with E-state index in [1.807, 2.05) is 6.08 Å². The Kier molecular flexibility index (Phi) is 4.61. The topological polar surface area (TPSA) is 80.7 Å². The number of aliphatic hydroxyl groups is 1. The Labute approximate surface area is 166 Å². The van der Waals surface area contributed by atoms with Gasteiger partial charge in [0, 0.05) is 18.8 Å². The highest BCUT2D eigenvalue weighted by molar-refractivity contribution is 5.92. The van der Waals surface area contributed by atoms with Crippen LogP contribution >= 0.6 is 0 Å². The predicted molar refractivity (Wildman–Crippen MR) is 103 cm³/mol. The summed E-state index contributed by atoms with van der Waals surface area (Å²) in [6, 6.07) is 0. The van der Waals surface area contributed by atoms with E-state index in [0.29, 0.717) is 30.6 Å². The second-order valence-electron chi connectivity index (χ2n) is 9.97. The SMILES string of the molecule is CC(=O)O[C@]1(C(=O)CO)CC[C@@H]2[C@@H]3CCC4=CC(=O)CC[C@]4(C)[C@H]3CC[C@]21C. The van der Waals surface area contributed by atoms with E-state index in [0.717, 1.165) is 38.5 Å². The van der Waals surface area contributed by atoms with Gasteiger partial charge in [-0.2, -0.15) is 0 Å². The number of fused-ring (bicyclic) bond motifs is 5.